The first-order chi connectivity index (χ1) is 9.17. The third-order valence-corrected chi connectivity index (χ3v) is 3.06. The summed E-state index contributed by atoms with van der Waals surface area (Å²) in [5.41, 5.74) is 1.25. The molecular weight excluding hydrogens is 240 g/mol. The van der Waals surface area contributed by atoms with Crippen molar-refractivity contribution >= 4 is 11.7 Å². The number of carbonyl (C=O) groups excluding carboxylic acids is 1. The van der Waals surface area contributed by atoms with Crippen molar-refractivity contribution in [3.63, 3.8) is 0 Å². The molecule has 4 heteroatoms. The van der Waals surface area contributed by atoms with E-state index in [9.17, 15) is 4.79 Å². The number of esters is 1. The molecule has 0 aliphatic rings. The van der Waals surface area contributed by atoms with Crippen molar-refractivity contribution in [2.45, 2.75) is 52.0 Å². The molecule has 0 fully saturated rings. The number of carbonyl (C=O) groups is 1. The Labute approximate surface area is 115 Å². The Hall–Kier alpha value is -1.58. The maximum absolute atomic E-state index is 11.4. The largest absolute Gasteiger partial charge is 0.464 e. The molecule has 1 aromatic heterocycles. The van der Waals surface area contributed by atoms with Gasteiger partial charge in [0.2, 0.25) is 0 Å². The van der Waals surface area contributed by atoms with Gasteiger partial charge >= 0.3 is 5.97 Å². The van der Waals surface area contributed by atoms with Crippen LogP contribution in [-0.2, 0) is 4.74 Å². The number of rotatable bonds is 8. The molecule has 0 radical (unpaired) electrons. The predicted octanol–water partition coefficient (Wildman–Crippen LogP) is 3.64. The molecule has 0 spiro atoms. The molecule has 1 atom stereocenters. The fourth-order valence-electron chi connectivity index (χ4n) is 1.97. The van der Waals surface area contributed by atoms with Crippen molar-refractivity contribution in [1.82, 2.24) is 4.98 Å². The van der Waals surface area contributed by atoms with Crippen molar-refractivity contribution < 1.29 is 9.53 Å². The maximum Gasteiger partial charge on any atom is 0.356 e. The number of nitrogens with one attached hydrogen (secondary N) is 1. The molecule has 1 rings (SSSR count). The van der Waals surface area contributed by atoms with Crippen molar-refractivity contribution in [1.29, 1.82) is 0 Å². The molecule has 1 aromatic rings. The summed E-state index contributed by atoms with van der Waals surface area (Å²) in [5.74, 6) is -0.403. The van der Waals surface area contributed by atoms with Gasteiger partial charge in [-0.15, -0.1) is 0 Å². The van der Waals surface area contributed by atoms with Gasteiger partial charge in [-0.1, -0.05) is 32.6 Å². The number of aromatic nitrogens is 1. The quantitative estimate of drug-likeness (QED) is 0.575. The van der Waals surface area contributed by atoms with Crippen LogP contribution in [0.4, 0.5) is 5.69 Å². The summed E-state index contributed by atoms with van der Waals surface area (Å²) in [6.07, 6.45) is 7.83. The van der Waals surface area contributed by atoms with E-state index in [0.717, 1.165) is 12.1 Å². The van der Waals surface area contributed by atoms with Gasteiger partial charge in [0, 0.05) is 17.9 Å². The molecule has 1 N–H and O–H groups in total. The van der Waals surface area contributed by atoms with Gasteiger partial charge in [-0.3, -0.25) is 0 Å². The van der Waals surface area contributed by atoms with Crippen LogP contribution in [0.5, 0.6) is 0 Å². The van der Waals surface area contributed by atoms with E-state index in [1.807, 2.05) is 6.07 Å². The number of methoxy groups -OCH3 is 1. The molecule has 0 aliphatic heterocycles. The summed E-state index contributed by atoms with van der Waals surface area (Å²) in [6, 6.07) is 3.99. The average Bonchev–Trinajstić information content (AvgIpc) is 2.43. The minimum absolute atomic E-state index is 0.339. The molecule has 0 saturated carbocycles. The topological polar surface area (TPSA) is 51.2 Å². The highest BCUT2D eigenvalue weighted by molar-refractivity contribution is 5.88. The normalized spacial score (nSPS) is 11.9. The highest BCUT2D eigenvalue weighted by Gasteiger charge is 2.08. The van der Waals surface area contributed by atoms with E-state index in [1.165, 1.54) is 32.8 Å². The second-order valence-electron chi connectivity index (χ2n) is 4.82. The maximum atomic E-state index is 11.4. The zero-order valence-corrected chi connectivity index (χ0v) is 12.1. The lowest BCUT2D eigenvalue weighted by Crippen LogP contribution is -2.15. The lowest BCUT2D eigenvalue weighted by molar-refractivity contribution is 0.0594. The lowest BCUT2D eigenvalue weighted by atomic mass is 10.1. The average molecular weight is 264 g/mol. The molecule has 0 aliphatic carbocycles. The monoisotopic (exact) mass is 264 g/mol. The van der Waals surface area contributed by atoms with Crippen molar-refractivity contribution in [2.75, 3.05) is 12.4 Å². The first-order valence-corrected chi connectivity index (χ1v) is 6.98. The molecule has 0 amide bonds. The van der Waals surface area contributed by atoms with E-state index in [-0.39, 0.29) is 0 Å². The van der Waals surface area contributed by atoms with Crippen LogP contribution >= 0.6 is 0 Å². The summed E-state index contributed by atoms with van der Waals surface area (Å²) in [5, 5.41) is 3.39. The third-order valence-electron chi connectivity index (χ3n) is 3.06. The van der Waals surface area contributed by atoms with Crippen LogP contribution in [0.1, 0.15) is 56.4 Å². The summed E-state index contributed by atoms with van der Waals surface area (Å²) in [6.45, 7) is 4.37. The number of pyridine rings is 1. The second kappa shape index (κ2) is 8.51. The molecule has 0 saturated heterocycles. The summed E-state index contributed by atoms with van der Waals surface area (Å²) >= 11 is 0. The van der Waals surface area contributed by atoms with Crippen LogP contribution in [-0.4, -0.2) is 24.1 Å². The number of anilines is 1. The Morgan fingerprint density at radius 2 is 2.21 bits per heavy atom. The van der Waals surface area contributed by atoms with E-state index in [1.54, 1.807) is 12.3 Å². The van der Waals surface area contributed by atoms with Crippen molar-refractivity contribution in [2.24, 2.45) is 0 Å². The Bertz CT molecular complexity index is 393. The number of nitrogens with zero attached hydrogens (tertiary/aromatic N) is 1. The molecule has 1 unspecified atom stereocenters. The van der Waals surface area contributed by atoms with Crippen LogP contribution in [0, 0.1) is 0 Å². The zero-order chi connectivity index (χ0) is 14.1. The Balaban J connectivity index is 2.45. The van der Waals surface area contributed by atoms with Gasteiger partial charge in [0.25, 0.3) is 0 Å². The zero-order valence-electron chi connectivity index (χ0n) is 12.1. The van der Waals surface area contributed by atoms with Crippen molar-refractivity contribution in [3.05, 3.63) is 24.0 Å². The summed E-state index contributed by atoms with van der Waals surface area (Å²) in [4.78, 5) is 15.4. The van der Waals surface area contributed by atoms with Crippen LogP contribution in [0.3, 0.4) is 0 Å². The van der Waals surface area contributed by atoms with Gasteiger partial charge in [0.05, 0.1) is 7.11 Å². The fourth-order valence-corrected chi connectivity index (χ4v) is 1.97. The number of unbranched alkanes of at least 4 members (excludes halogenated alkanes) is 3. The van der Waals surface area contributed by atoms with Crippen LogP contribution < -0.4 is 5.32 Å². The van der Waals surface area contributed by atoms with Crippen LogP contribution in [0.2, 0.25) is 0 Å². The highest BCUT2D eigenvalue weighted by atomic mass is 16.5. The lowest BCUT2D eigenvalue weighted by Gasteiger charge is -2.15. The molecule has 0 bridgehead atoms. The van der Waals surface area contributed by atoms with E-state index in [4.69, 9.17) is 0 Å². The first-order valence-electron chi connectivity index (χ1n) is 6.98. The molecule has 106 valence electrons. The minimum atomic E-state index is -0.403. The molecule has 0 aromatic carbocycles. The molecule has 19 heavy (non-hydrogen) atoms. The van der Waals surface area contributed by atoms with Crippen molar-refractivity contribution in [3.8, 4) is 0 Å². The van der Waals surface area contributed by atoms with Gasteiger partial charge in [-0.2, -0.15) is 0 Å². The summed E-state index contributed by atoms with van der Waals surface area (Å²) in [7, 11) is 1.36. The summed E-state index contributed by atoms with van der Waals surface area (Å²) < 4.78 is 4.66. The van der Waals surface area contributed by atoms with Gasteiger partial charge in [-0.05, 0) is 25.5 Å². The van der Waals surface area contributed by atoms with Gasteiger partial charge in [0.1, 0.15) is 5.69 Å². The molecule has 1 heterocycles. The minimum Gasteiger partial charge on any atom is -0.464 e. The molecular formula is C15H24N2O2. The van der Waals surface area contributed by atoms with Gasteiger partial charge in [-0.25, -0.2) is 9.78 Å². The standard InChI is InChI=1S/C15H24N2O2/c1-4-5-6-7-8-12(2)17-13-9-10-16-14(11-13)15(18)19-3/h9-12H,4-8H2,1-3H3,(H,16,17). The number of hydrogen-bond acceptors (Lipinski definition) is 4. The smallest absolute Gasteiger partial charge is 0.356 e. The van der Waals surface area contributed by atoms with Crippen LogP contribution in [0.15, 0.2) is 18.3 Å². The van der Waals surface area contributed by atoms with Gasteiger partial charge < -0.3 is 10.1 Å². The third kappa shape index (κ3) is 5.73. The van der Waals surface area contributed by atoms with Gasteiger partial charge in [0.15, 0.2) is 0 Å². The second-order valence-corrected chi connectivity index (χ2v) is 4.82. The van der Waals surface area contributed by atoms with E-state index in [2.05, 4.69) is 28.9 Å². The highest BCUT2D eigenvalue weighted by Crippen LogP contribution is 2.13. The Morgan fingerprint density at radius 3 is 2.89 bits per heavy atom. The van der Waals surface area contributed by atoms with E-state index >= 15 is 0 Å². The molecule has 4 nitrogen and oxygen atoms in total. The van der Waals surface area contributed by atoms with E-state index < -0.39 is 5.97 Å². The number of hydrogen-bond donors (Lipinski definition) is 1. The number of ether oxygens (including phenoxy) is 1. The Kier molecular flexibility index (Phi) is 6.93. The first kappa shape index (κ1) is 15.5. The Morgan fingerprint density at radius 1 is 1.42 bits per heavy atom. The van der Waals surface area contributed by atoms with Crippen LogP contribution in [0.25, 0.3) is 0 Å². The fraction of sp³-hybridized carbons (Fsp3) is 0.600. The van der Waals surface area contributed by atoms with E-state index in [0.29, 0.717) is 11.7 Å². The SMILES string of the molecule is CCCCCCC(C)Nc1ccnc(C(=O)OC)c1. The predicted molar refractivity (Wildman–Crippen MR) is 77.4 cm³/mol.